The van der Waals surface area contributed by atoms with Gasteiger partial charge in [0.15, 0.2) is 0 Å². The van der Waals surface area contributed by atoms with Crippen molar-refractivity contribution in [3.8, 4) is 0 Å². The number of hydrogen-bond acceptors (Lipinski definition) is 3. The van der Waals surface area contributed by atoms with E-state index in [1.807, 2.05) is 26.2 Å². The molecule has 1 heterocycles. The Balaban J connectivity index is 2.54. The van der Waals surface area contributed by atoms with Gasteiger partial charge in [-0.1, -0.05) is 42.0 Å². The van der Waals surface area contributed by atoms with E-state index >= 15 is 0 Å². The highest BCUT2D eigenvalue weighted by atomic mass is 16.4. The van der Waals surface area contributed by atoms with Gasteiger partial charge in [0.2, 0.25) is 0 Å². The first-order chi connectivity index (χ1) is 11.5. The summed E-state index contributed by atoms with van der Waals surface area (Å²) in [4.78, 5) is 17.3. The van der Waals surface area contributed by atoms with E-state index in [0.29, 0.717) is 5.69 Å². The average molecular weight is 322 g/mol. The van der Waals surface area contributed by atoms with Crippen LogP contribution in [-0.4, -0.2) is 41.6 Å². The molecule has 24 heavy (non-hydrogen) atoms. The molecule has 0 aliphatic rings. The lowest BCUT2D eigenvalue weighted by Gasteiger charge is -2.13. The summed E-state index contributed by atoms with van der Waals surface area (Å²) in [5.41, 5.74) is 4.89. The topological polar surface area (TPSA) is 53.4 Å². The number of aliphatic carboxylic acids is 1. The largest absolute Gasteiger partial charge is 0.478 e. The third-order valence-electron chi connectivity index (χ3n) is 3.54. The van der Waals surface area contributed by atoms with E-state index in [9.17, 15) is 4.79 Å². The highest BCUT2D eigenvalue weighted by Gasteiger charge is 2.10. The minimum atomic E-state index is -0.985. The standard InChI is InChI=1S/C20H22N2O2/c1-15-6-8-16(9-7-15)17(12-14-22(2)3)18-5-4-13-21-19(18)10-11-20(23)24/h4-13H,14H2,1-3H3,(H,23,24)/b11-10+,17-12+. The van der Waals surface area contributed by atoms with Gasteiger partial charge in [0, 0.05) is 24.4 Å². The molecule has 2 rings (SSSR count). The predicted octanol–water partition coefficient (Wildman–Crippen LogP) is 3.48. The molecule has 0 aliphatic carbocycles. The average Bonchev–Trinajstić information content (AvgIpc) is 2.55. The van der Waals surface area contributed by atoms with Crippen LogP contribution in [0.5, 0.6) is 0 Å². The predicted molar refractivity (Wildman–Crippen MR) is 97.7 cm³/mol. The van der Waals surface area contributed by atoms with E-state index in [-0.39, 0.29) is 0 Å². The molecule has 0 saturated heterocycles. The molecule has 1 N–H and O–H groups in total. The number of benzene rings is 1. The Labute approximate surface area is 142 Å². The Kier molecular flexibility index (Phi) is 6.04. The van der Waals surface area contributed by atoms with Gasteiger partial charge in [-0.25, -0.2) is 4.79 Å². The lowest BCUT2D eigenvalue weighted by molar-refractivity contribution is -0.131. The highest BCUT2D eigenvalue weighted by molar-refractivity contribution is 5.88. The zero-order chi connectivity index (χ0) is 17.5. The van der Waals surface area contributed by atoms with Crippen LogP contribution in [0.15, 0.2) is 54.7 Å². The van der Waals surface area contributed by atoms with Crippen molar-refractivity contribution in [3.05, 3.63) is 77.1 Å². The number of nitrogens with zero attached hydrogens (tertiary/aromatic N) is 2. The molecule has 1 aromatic heterocycles. The smallest absolute Gasteiger partial charge is 0.328 e. The maximum Gasteiger partial charge on any atom is 0.328 e. The summed E-state index contributed by atoms with van der Waals surface area (Å²) < 4.78 is 0. The van der Waals surface area contributed by atoms with Crippen LogP contribution in [0, 0.1) is 6.92 Å². The van der Waals surface area contributed by atoms with Gasteiger partial charge in [0.05, 0.1) is 5.69 Å². The highest BCUT2D eigenvalue weighted by Crippen LogP contribution is 2.26. The molecular formula is C20H22N2O2. The van der Waals surface area contributed by atoms with E-state index in [4.69, 9.17) is 5.11 Å². The fourth-order valence-electron chi connectivity index (χ4n) is 2.32. The lowest BCUT2D eigenvalue weighted by atomic mass is 9.95. The minimum absolute atomic E-state index is 0.644. The third kappa shape index (κ3) is 4.89. The zero-order valence-electron chi connectivity index (χ0n) is 14.2. The van der Waals surface area contributed by atoms with Gasteiger partial charge in [0.1, 0.15) is 0 Å². The number of likely N-dealkylation sites (N-methyl/N-ethyl adjacent to an activating group) is 1. The summed E-state index contributed by atoms with van der Waals surface area (Å²) >= 11 is 0. The van der Waals surface area contributed by atoms with Crippen LogP contribution in [0.4, 0.5) is 0 Å². The van der Waals surface area contributed by atoms with Gasteiger partial charge in [-0.05, 0) is 44.3 Å². The Morgan fingerprint density at radius 3 is 2.54 bits per heavy atom. The van der Waals surface area contributed by atoms with Crippen LogP contribution in [0.2, 0.25) is 0 Å². The second kappa shape index (κ2) is 8.22. The summed E-state index contributed by atoms with van der Waals surface area (Å²) in [6.45, 7) is 2.83. The molecule has 0 unspecified atom stereocenters. The SMILES string of the molecule is Cc1ccc(/C(=C\CN(C)C)c2cccnc2/C=C/C(=O)O)cc1. The molecule has 0 saturated carbocycles. The Morgan fingerprint density at radius 1 is 1.21 bits per heavy atom. The Morgan fingerprint density at radius 2 is 1.92 bits per heavy atom. The van der Waals surface area contributed by atoms with Crippen molar-refractivity contribution in [3.63, 3.8) is 0 Å². The van der Waals surface area contributed by atoms with E-state index < -0.39 is 5.97 Å². The van der Waals surface area contributed by atoms with Crippen molar-refractivity contribution in [2.24, 2.45) is 0 Å². The fourth-order valence-corrected chi connectivity index (χ4v) is 2.32. The van der Waals surface area contributed by atoms with E-state index in [1.165, 1.54) is 11.6 Å². The van der Waals surface area contributed by atoms with Crippen molar-refractivity contribution in [2.75, 3.05) is 20.6 Å². The van der Waals surface area contributed by atoms with Gasteiger partial charge in [0.25, 0.3) is 0 Å². The molecular weight excluding hydrogens is 300 g/mol. The van der Waals surface area contributed by atoms with E-state index in [2.05, 4.69) is 47.1 Å². The first kappa shape index (κ1) is 17.6. The second-order valence-electron chi connectivity index (χ2n) is 5.85. The Bertz CT molecular complexity index is 759. The number of carboxylic acids is 1. The number of rotatable bonds is 6. The van der Waals surface area contributed by atoms with Crippen LogP contribution < -0.4 is 0 Å². The van der Waals surface area contributed by atoms with Gasteiger partial charge >= 0.3 is 5.97 Å². The van der Waals surface area contributed by atoms with Crippen molar-refractivity contribution in [2.45, 2.75) is 6.92 Å². The summed E-state index contributed by atoms with van der Waals surface area (Å²) in [5, 5.41) is 8.89. The second-order valence-corrected chi connectivity index (χ2v) is 5.85. The van der Waals surface area contributed by atoms with Crippen molar-refractivity contribution >= 4 is 17.6 Å². The molecule has 0 aliphatic heterocycles. The fraction of sp³-hybridized carbons (Fsp3) is 0.200. The molecule has 4 heteroatoms. The number of hydrogen-bond donors (Lipinski definition) is 1. The summed E-state index contributed by atoms with van der Waals surface area (Å²) in [7, 11) is 4.02. The quantitative estimate of drug-likeness (QED) is 0.827. The van der Waals surface area contributed by atoms with E-state index in [0.717, 1.165) is 29.3 Å². The maximum absolute atomic E-state index is 10.8. The molecule has 124 valence electrons. The lowest BCUT2D eigenvalue weighted by Crippen LogP contribution is -2.11. The maximum atomic E-state index is 10.8. The molecule has 0 atom stereocenters. The first-order valence-corrected chi connectivity index (χ1v) is 7.75. The van der Waals surface area contributed by atoms with Crippen LogP contribution >= 0.6 is 0 Å². The van der Waals surface area contributed by atoms with Crippen LogP contribution in [-0.2, 0) is 4.79 Å². The molecule has 0 fully saturated rings. The summed E-state index contributed by atoms with van der Waals surface area (Å²) in [6, 6.07) is 12.1. The summed E-state index contributed by atoms with van der Waals surface area (Å²) in [5.74, 6) is -0.985. The van der Waals surface area contributed by atoms with Crippen LogP contribution in [0.25, 0.3) is 11.6 Å². The van der Waals surface area contributed by atoms with Gasteiger partial charge in [-0.15, -0.1) is 0 Å². The van der Waals surface area contributed by atoms with Gasteiger partial charge in [-0.3, -0.25) is 4.98 Å². The monoisotopic (exact) mass is 322 g/mol. The van der Waals surface area contributed by atoms with Crippen molar-refractivity contribution in [1.29, 1.82) is 0 Å². The van der Waals surface area contributed by atoms with Gasteiger partial charge in [-0.2, -0.15) is 0 Å². The molecule has 2 aromatic rings. The molecule has 0 amide bonds. The summed E-state index contributed by atoms with van der Waals surface area (Å²) in [6.07, 6.45) is 6.46. The molecule has 4 nitrogen and oxygen atoms in total. The number of carbonyl (C=O) groups is 1. The normalized spacial score (nSPS) is 12.1. The van der Waals surface area contributed by atoms with Crippen molar-refractivity contribution in [1.82, 2.24) is 9.88 Å². The number of carboxylic acid groups (broad SMARTS) is 1. The minimum Gasteiger partial charge on any atom is -0.478 e. The molecule has 0 bridgehead atoms. The van der Waals surface area contributed by atoms with Crippen molar-refractivity contribution < 1.29 is 9.90 Å². The van der Waals surface area contributed by atoms with Gasteiger partial charge < -0.3 is 10.0 Å². The van der Waals surface area contributed by atoms with Crippen LogP contribution in [0.1, 0.15) is 22.4 Å². The van der Waals surface area contributed by atoms with E-state index in [1.54, 1.807) is 6.20 Å². The first-order valence-electron chi connectivity index (χ1n) is 7.75. The zero-order valence-corrected chi connectivity index (χ0v) is 14.2. The molecule has 1 aromatic carbocycles. The number of pyridine rings is 1. The number of aryl methyl sites for hydroxylation is 1. The Hall–Kier alpha value is -2.72. The number of aromatic nitrogens is 1. The van der Waals surface area contributed by atoms with Crippen LogP contribution in [0.3, 0.4) is 0 Å². The molecule has 0 radical (unpaired) electrons. The third-order valence-corrected chi connectivity index (χ3v) is 3.54. The molecule has 0 spiro atoms.